The number of aromatic nitrogens is 2. The number of anilines is 1. The van der Waals surface area contributed by atoms with Crippen LogP contribution in [0.5, 0.6) is 0 Å². The number of nitrogens with zero attached hydrogens (tertiary/aromatic N) is 6. The van der Waals surface area contributed by atoms with Gasteiger partial charge in [0.05, 0.1) is 11.9 Å². The van der Waals surface area contributed by atoms with Crippen molar-refractivity contribution in [2.75, 3.05) is 58.3 Å². The molecular weight excluding hydrogens is 445 g/mol. The van der Waals surface area contributed by atoms with Crippen molar-refractivity contribution < 1.29 is 4.79 Å². The molecule has 2 rings (SSSR count). The van der Waals surface area contributed by atoms with Crippen molar-refractivity contribution in [2.45, 2.75) is 19.8 Å². The molecule has 0 atom stereocenters. The lowest BCUT2D eigenvalue weighted by Crippen LogP contribution is -2.55. The van der Waals surface area contributed by atoms with Crippen molar-refractivity contribution >= 4 is 41.5 Å². The number of carbonyl (C=O) groups is 1. The van der Waals surface area contributed by atoms with Crippen LogP contribution in [-0.4, -0.2) is 84.8 Å². The number of halogens is 1. The standard InChI is InChI=1S/C17H31N7O.HI/c1-5-6-8-21(3)9-7-19-17(18-2)23-10-11-24(16(25)14-23)15-12-20-22(4)13-15;/h12-13H,5-11,14H2,1-4H3,(H,18,19);1H. The predicted molar refractivity (Wildman–Crippen MR) is 116 cm³/mol. The fraction of sp³-hybridized carbons (Fsp3) is 0.706. The third-order valence-corrected chi connectivity index (χ3v) is 4.40. The molecule has 1 amide bonds. The fourth-order valence-electron chi connectivity index (χ4n) is 2.91. The van der Waals surface area contributed by atoms with Crippen molar-refractivity contribution in [1.29, 1.82) is 0 Å². The normalized spacial score (nSPS) is 15.4. The molecule has 0 spiro atoms. The topological polar surface area (TPSA) is 69.0 Å². The van der Waals surface area contributed by atoms with Crippen LogP contribution in [0.2, 0.25) is 0 Å². The summed E-state index contributed by atoms with van der Waals surface area (Å²) < 4.78 is 1.71. The number of carbonyl (C=O) groups excluding carboxylic acids is 1. The Bertz CT molecular complexity index is 589. The number of nitrogens with one attached hydrogen (secondary N) is 1. The number of unbranched alkanes of at least 4 members (excludes halogenated alkanes) is 1. The summed E-state index contributed by atoms with van der Waals surface area (Å²) in [6.45, 7) is 6.83. The van der Waals surface area contributed by atoms with E-state index in [1.165, 1.54) is 12.8 Å². The number of rotatable bonds is 7. The van der Waals surface area contributed by atoms with Crippen molar-refractivity contribution in [3.63, 3.8) is 0 Å². The van der Waals surface area contributed by atoms with E-state index in [0.717, 1.165) is 37.8 Å². The number of guanidine groups is 1. The zero-order valence-corrected chi connectivity index (χ0v) is 18.6. The Labute approximate surface area is 173 Å². The van der Waals surface area contributed by atoms with E-state index in [1.54, 1.807) is 22.8 Å². The Hall–Kier alpha value is -1.36. The van der Waals surface area contributed by atoms with Gasteiger partial charge in [0.25, 0.3) is 0 Å². The lowest BCUT2D eigenvalue weighted by molar-refractivity contribution is -0.120. The van der Waals surface area contributed by atoms with Gasteiger partial charge in [-0.05, 0) is 20.0 Å². The van der Waals surface area contributed by atoms with Gasteiger partial charge in [0.2, 0.25) is 5.91 Å². The average molecular weight is 477 g/mol. The Morgan fingerprint density at radius 2 is 2.15 bits per heavy atom. The van der Waals surface area contributed by atoms with Crippen LogP contribution in [0, 0.1) is 0 Å². The smallest absolute Gasteiger partial charge is 0.246 e. The van der Waals surface area contributed by atoms with Crippen molar-refractivity contribution in [3.05, 3.63) is 12.4 Å². The lowest BCUT2D eigenvalue weighted by atomic mass is 10.3. The van der Waals surface area contributed by atoms with Crippen LogP contribution in [0.15, 0.2) is 17.4 Å². The summed E-state index contributed by atoms with van der Waals surface area (Å²) in [6, 6.07) is 0. The predicted octanol–water partition coefficient (Wildman–Crippen LogP) is 0.994. The molecule has 9 heteroatoms. The van der Waals surface area contributed by atoms with Crippen LogP contribution in [0.1, 0.15) is 19.8 Å². The summed E-state index contributed by atoms with van der Waals surface area (Å²) in [5.74, 6) is 0.866. The van der Waals surface area contributed by atoms with E-state index in [2.05, 4.69) is 34.3 Å². The molecule has 8 nitrogen and oxygen atoms in total. The summed E-state index contributed by atoms with van der Waals surface area (Å²) in [5, 5.41) is 7.52. The number of hydrogen-bond acceptors (Lipinski definition) is 4. The number of amides is 1. The van der Waals surface area contributed by atoms with E-state index in [9.17, 15) is 4.79 Å². The second-order valence-electron chi connectivity index (χ2n) is 6.47. The molecule has 1 N–H and O–H groups in total. The lowest BCUT2D eigenvalue weighted by Gasteiger charge is -2.35. The molecule has 0 radical (unpaired) electrons. The first kappa shape index (κ1) is 22.7. The molecule has 1 saturated heterocycles. The van der Waals surface area contributed by atoms with Gasteiger partial charge in [0, 0.05) is 46.5 Å². The minimum Gasteiger partial charge on any atom is -0.355 e. The molecule has 1 aromatic rings. The first-order valence-corrected chi connectivity index (χ1v) is 8.98. The maximum atomic E-state index is 12.5. The highest BCUT2D eigenvalue weighted by molar-refractivity contribution is 14.0. The summed E-state index contributed by atoms with van der Waals surface area (Å²) in [6.07, 6.45) is 6.03. The fourth-order valence-corrected chi connectivity index (χ4v) is 2.91. The first-order valence-electron chi connectivity index (χ1n) is 8.98. The van der Waals surface area contributed by atoms with Gasteiger partial charge in [-0.2, -0.15) is 5.10 Å². The van der Waals surface area contributed by atoms with Crippen LogP contribution in [-0.2, 0) is 11.8 Å². The van der Waals surface area contributed by atoms with Crippen LogP contribution < -0.4 is 10.2 Å². The Kier molecular flexibility index (Phi) is 9.92. The second-order valence-corrected chi connectivity index (χ2v) is 6.47. The molecule has 148 valence electrons. The van der Waals surface area contributed by atoms with Crippen LogP contribution in [0.3, 0.4) is 0 Å². The minimum absolute atomic E-state index is 0. The second kappa shape index (κ2) is 11.4. The van der Waals surface area contributed by atoms with Gasteiger partial charge in [-0.1, -0.05) is 13.3 Å². The number of likely N-dealkylation sites (N-methyl/N-ethyl adjacent to an activating group) is 1. The third-order valence-electron chi connectivity index (χ3n) is 4.40. The molecule has 0 unspecified atom stereocenters. The van der Waals surface area contributed by atoms with Crippen LogP contribution in [0.25, 0.3) is 0 Å². The number of aliphatic imine (C=N–C) groups is 1. The molecule has 26 heavy (non-hydrogen) atoms. The minimum atomic E-state index is 0. The molecule has 1 fully saturated rings. The largest absolute Gasteiger partial charge is 0.355 e. The van der Waals surface area contributed by atoms with Crippen molar-refractivity contribution in [2.24, 2.45) is 12.0 Å². The van der Waals surface area contributed by atoms with Gasteiger partial charge < -0.3 is 20.0 Å². The van der Waals surface area contributed by atoms with Gasteiger partial charge >= 0.3 is 0 Å². The third kappa shape index (κ3) is 6.42. The molecule has 1 aromatic heterocycles. The molecule has 0 aromatic carbocycles. The first-order chi connectivity index (χ1) is 12.0. The zero-order valence-electron chi connectivity index (χ0n) is 16.3. The number of aryl methyl sites for hydroxylation is 1. The zero-order chi connectivity index (χ0) is 18.2. The monoisotopic (exact) mass is 477 g/mol. The van der Waals surface area contributed by atoms with Gasteiger partial charge in [-0.15, -0.1) is 24.0 Å². The van der Waals surface area contributed by atoms with E-state index < -0.39 is 0 Å². The molecule has 1 aliphatic rings. The van der Waals surface area contributed by atoms with Gasteiger partial charge in [0.15, 0.2) is 5.96 Å². The summed E-state index contributed by atoms with van der Waals surface area (Å²) in [4.78, 5) is 22.9. The molecule has 2 heterocycles. The molecule has 0 saturated carbocycles. The quantitative estimate of drug-likeness (QED) is 0.361. The van der Waals surface area contributed by atoms with E-state index in [4.69, 9.17) is 0 Å². The van der Waals surface area contributed by atoms with Gasteiger partial charge in [0.1, 0.15) is 6.54 Å². The van der Waals surface area contributed by atoms with E-state index >= 15 is 0 Å². The number of piperazine rings is 1. The maximum Gasteiger partial charge on any atom is 0.246 e. The highest BCUT2D eigenvalue weighted by atomic mass is 127. The molecule has 0 bridgehead atoms. The SMILES string of the molecule is CCCCN(C)CCNC(=NC)N1CCN(c2cnn(C)c2)C(=O)C1.I. The summed E-state index contributed by atoms with van der Waals surface area (Å²) >= 11 is 0. The average Bonchev–Trinajstić information content (AvgIpc) is 3.03. The van der Waals surface area contributed by atoms with Gasteiger partial charge in [-0.3, -0.25) is 14.5 Å². The highest BCUT2D eigenvalue weighted by Crippen LogP contribution is 2.15. The van der Waals surface area contributed by atoms with Crippen LogP contribution >= 0.6 is 24.0 Å². The molecule has 1 aliphatic heterocycles. The number of hydrogen-bond donors (Lipinski definition) is 1. The molecule has 0 aliphatic carbocycles. The van der Waals surface area contributed by atoms with E-state index in [0.29, 0.717) is 13.1 Å². The van der Waals surface area contributed by atoms with Crippen molar-refractivity contribution in [1.82, 2.24) is 24.9 Å². The Morgan fingerprint density at radius 3 is 2.73 bits per heavy atom. The Balaban J connectivity index is 0.00000338. The van der Waals surface area contributed by atoms with Crippen LogP contribution in [0.4, 0.5) is 5.69 Å². The Morgan fingerprint density at radius 1 is 1.38 bits per heavy atom. The summed E-state index contributed by atoms with van der Waals surface area (Å²) in [5.41, 5.74) is 0.854. The molecular formula is C17H32IN7O. The van der Waals surface area contributed by atoms with Crippen molar-refractivity contribution in [3.8, 4) is 0 Å². The van der Waals surface area contributed by atoms with E-state index in [-0.39, 0.29) is 29.9 Å². The van der Waals surface area contributed by atoms with Gasteiger partial charge in [-0.25, -0.2) is 0 Å². The van der Waals surface area contributed by atoms with E-state index in [1.807, 2.05) is 18.1 Å². The maximum absolute atomic E-state index is 12.5. The summed E-state index contributed by atoms with van der Waals surface area (Å²) in [7, 11) is 5.75. The highest BCUT2D eigenvalue weighted by Gasteiger charge is 2.27.